The summed E-state index contributed by atoms with van der Waals surface area (Å²) in [5, 5.41) is 10.6. The van der Waals surface area contributed by atoms with E-state index in [1.54, 1.807) is 28.2 Å². The molecule has 1 amide bonds. The third-order valence-electron chi connectivity index (χ3n) is 3.66. The lowest BCUT2D eigenvalue weighted by atomic mass is 10.3. The highest BCUT2D eigenvalue weighted by Crippen LogP contribution is 2.15. The first-order valence-corrected chi connectivity index (χ1v) is 6.95. The summed E-state index contributed by atoms with van der Waals surface area (Å²) in [4.78, 5) is 22.6. The van der Waals surface area contributed by atoms with E-state index >= 15 is 0 Å². The van der Waals surface area contributed by atoms with Gasteiger partial charge in [-0.25, -0.2) is 14.6 Å². The molecule has 0 radical (unpaired) electrons. The Hall–Kier alpha value is -2.97. The van der Waals surface area contributed by atoms with Gasteiger partial charge in [-0.05, 0) is 6.07 Å². The smallest absolute Gasteiger partial charge is 0.272 e. The first kappa shape index (κ1) is 12.7. The van der Waals surface area contributed by atoms with Crippen LogP contribution in [0.25, 0.3) is 0 Å². The number of aromatic nitrogens is 7. The minimum absolute atomic E-state index is 0.0513. The largest absolute Gasteiger partial charge is 0.331 e. The Labute approximate surface area is 125 Å². The van der Waals surface area contributed by atoms with Crippen molar-refractivity contribution in [3.63, 3.8) is 0 Å². The van der Waals surface area contributed by atoms with Gasteiger partial charge in [0.2, 0.25) is 0 Å². The van der Waals surface area contributed by atoms with Gasteiger partial charge in [0.25, 0.3) is 5.91 Å². The molecule has 112 valence electrons. The SMILES string of the molecule is O=C(c1ccn[nH]1)N1CCn2cc(Cn3cncn3)nc2C1. The summed E-state index contributed by atoms with van der Waals surface area (Å²) in [5.41, 5.74) is 1.42. The van der Waals surface area contributed by atoms with Gasteiger partial charge in [-0.15, -0.1) is 0 Å². The fourth-order valence-electron chi connectivity index (χ4n) is 2.59. The van der Waals surface area contributed by atoms with Crippen LogP contribution in [0.15, 0.2) is 31.1 Å². The van der Waals surface area contributed by atoms with Gasteiger partial charge in [0.05, 0.1) is 18.8 Å². The van der Waals surface area contributed by atoms with E-state index in [-0.39, 0.29) is 5.91 Å². The molecule has 0 saturated heterocycles. The molecule has 1 aliphatic heterocycles. The summed E-state index contributed by atoms with van der Waals surface area (Å²) in [6.07, 6.45) is 6.75. The number of H-pyrrole nitrogens is 1. The number of rotatable bonds is 3. The summed E-state index contributed by atoms with van der Waals surface area (Å²) < 4.78 is 3.81. The Morgan fingerprint density at radius 1 is 1.36 bits per heavy atom. The zero-order valence-electron chi connectivity index (χ0n) is 11.8. The quantitative estimate of drug-likeness (QED) is 0.728. The summed E-state index contributed by atoms with van der Waals surface area (Å²) in [5.74, 6) is 0.832. The predicted octanol–water partition coefficient (Wildman–Crippen LogP) is -0.0980. The van der Waals surface area contributed by atoms with Gasteiger partial charge in [-0.2, -0.15) is 10.2 Å². The van der Waals surface area contributed by atoms with Crippen molar-refractivity contribution in [2.45, 2.75) is 19.6 Å². The second-order valence-electron chi connectivity index (χ2n) is 5.13. The summed E-state index contributed by atoms with van der Waals surface area (Å²) in [6.45, 7) is 2.47. The minimum atomic E-state index is -0.0513. The number of nitrogens with zero attached hydrogens (tertiary/aromatic N) is 7. The molecule has 1 aliphatic rings. The highest BCUT2D eigenvalue weighted by atomic mass is 16.2. The van der Waals surface area contributed by atoms with Crippen LogP contribution in [0.1, 0.15) is 22.0 Å². The molecule has 0 bridgehead atoms. The summed E-state index contributed by atoms with van der Waals surface area (Å²) >= 11 is 0. The van der Waals surface area contributed by atoms with E-state index in [0.717, 1.165) is 18.1 Å². The fourth-order valence-corrected chi connectivity index (χ4v) is 2.59. The zero-order chi connectivity index (χ0) is 14.9. The first-order valence-electron chi connectivity index (χ1n) is 6.95. The summed E-state index contributed by atoms with van der Waals surface area (Å²) in [7, 11) is 0. The first-order chi connectivity index (χ1) is 10.8. The molecule has 0 spiro atoms. The average molecular weight is 298 g/mol. The molecule has 3 aromatic rings. The van der Waals surface area contributed by atoms with Gasteiger partial charge in [-0.3, -0.25) is 9.89 Å². The maximum Gasteiger partial charge on any atom is 0.272 e. The number of hydrogen-bond acceptors (Lipinski definition) is 5. The highest BCUT2D eigenvalue weighted by Gasteiger charge is 2.24. The molecule has 4 rings (SSSR count). The lowest BCUT2D eigenvalue weighted by molar-refractivity contribution is 0.0701. The lowest BCUT2D eigenvalue weighted by Gasteiger charge is -2.27. The predicted molar refractivity (Wildman–Crippen MR) is 74.7 cm³/mol. The Balaban J connectivity index is 1.51. The minimum Gasteiger partial charge on any atom is -0.331 e. The number of fused-ring (bicyclic) bond motifs is 1. The van der Waals surface area contributed by atoms with Gasteiger partial charge in [0, 0.05) is 25.5 Å². The topological polar surface area (TPSA) is 97.5 Å². The van der Waals surface area contributed by atoms with Crippen molar-refractivity contribution in [1.29, 1.82) is 0 Å². The molecule has 0 saturated carbocycles. The molecular weight excluding hydrogens is 284 g/mol. The highest BCUT2D eigenvalue weighted by molar-refractivity contribution is 5.92. The van der Waals surface area contributed by atoms with Crippen molar-refractivity contribution in [2.75, 3.05) is 6.54 Å². The third-order valence-corrected chi connectivity index (χ3v) is 3.66. The molecular formula is C13H14N8O. The molecule has 0 aromatic carbocycles. The molecule has 9 nitrogen and oxygen atoms in total. The number of nitrogens with one attached hydrogen (secondary N) is 1. The van der Waals surface area contributed by atoms with Crippen LogP contribution in [0, 0.1) is 0 Å². The van der Waals surface area contributed by atoms with Gasteiger partial charge in [-0.1, -0.05) is 0 Å². The molecule has 3 aromatic heterocycles. The second kappa shape index (κ2) is 5.10. The third kappa shape index (κ3) is 2.26. The average Bonchev–Trinajstić information content (AvgIpc) is 3.27. The Morgan fingerprint density at radius 3 is 3.09 bits per heavy atom. The zero-order valence-corrected chi connectivity index (χ0v) is 11.8. The van der Waals surface area contributed by atoms with E-state index in [1.807, 2.05) is 6.20 Å². The monoisotopic (exact) mass is 298 g/mol. The van der Waals surface area contributed by atoms with Crippen molar-refractivity contribution in [1.82, 2.24) is 39.4 Å². The summed E-state index contributed by atoms with van der Waals surface area (Å²) in [6, 6.07) is 1.68. The number of aromatic amines is 1. The van der Waals surface area contributed by atoms with Gasteiger partial charge >= 0.3 is 0 Å². The van der Waals surface area contributed by atoms with Gasteiger partial charge in [0.15, 0.2) is 0 Å². The molecule has 0 aliphatic carbocycles. The van der Waals surface area contributed by atoms with Crippen molar-refractivity contribution in [2.24, 2.45) is 0 Å². The van der Waals surface area contributed by atoms with Gasteiger partial charge < -0.3 is 9.47 Å². The molecule has 0 fully saturated rings. The van der Waals surface area contributed by atoms with Crippen molar-refractivity contribution in [3.8, 4) is 0 Å². The van der Waals surface area contributed by atoms with Crippen LogP contribution in [-0.2, 0) is 19.6 Å². The second-order valence-corrected chi connectivity index (χ2v) is 5.13. The van der Waals surface area contributed by atoms with Crippen LogP contribution >= 0.6 is 0 Å². The molecule has 0 atom stereocenters. The Morgan fingerprint density at radius 2 is 2.32 bits per heavy atom. The fraction of sp³-hybridized carbons (Fsp3) is 0.308. The van der Waals surface area contributed by atoms with Crippen LogP contribution in [0.3, 0.4) is 0 Å². The normalized spacial score (nSPS) is 14.1. The van der Waals surface area contributed by atoms with Crippen LogP contribution in [0.5, 0.6) is 0 Å². The number of carbonyl (C=O) groups is 1. The van der Waals surface area contributed by atoms with E-state index in [9.17, 15) is 4.79 Å². The van der Waals surface area contributed by atoms with Gasteiger partial charge in [0.1, 0.15) is 24.2 Å². The Kier molecular flexibility index (Phi) is 2.95. The van der Waals surface area contributed by atoms with E-state index in [1.165, 1.54) is 6.33 Å². The number of imidazole rings is 1. The molecule has 4 heterocycles. The van der Waals surface area contributed by atoms with Crippen molar-refractivity contribution < 1.29 is 4.79 Å². The molecule has 22 heavy (non-hydrogen) atoms. The maximum absolute atomic E-state index is 12.3. The maximum atomic E-state index is 12.3. The van der Waals surface area contributed by atoms with E-state index in [0.29, 0.717) is 25.3 Å². The molecule has 0 unspecified atom stereocenters. The van der Waals surface area contributed by atoms with Crippen LogP contribution < -0.4 is 0 Å². The van der Waals surface area contributed by atoms with E-state index in [4.69, 9.17) is 0 Å². The number of amides is 1. The van der Waals surface area contributed by atoms with Crippen molar-refractivity contribution >= 4 is 5.91 Å². The molecule has 9 heteroatoms. The lowest BCUT2D eigenvalue weighted by Crippen LogP contribution is -2.38. The molecule has 1 N–H and O–H groups in total. The van der Waals surface area contributed by atoms with Crippen LogP contribution in [0.2, 0.25) is 0 Å². The standard InChI is InChI=1S/C13H14N8O/c22-13(11-1-2-15-18-11)20-4-3-19-5-10(17-12(19)7-20)6-21-9-14-8-16-21/h1-2,5,8-9H,3-4,6-7H2,(H,15,18). The van der Waals surface area contributed by atoms with Crippen LogP contribution in [-0.4, -0.2) is 51.9 Å². The van der Waals surface area contributed by atoms with Crippen molar-refractivity contribution in [3.05, 3.63) is 48.3 Å². The number of hydrogen-bond donors (Lipinski definition) is 1. The van der Waals surface area contributed by atoms with E-state index < -0.39 is 0 Å². The Bertz CT molecular complexity index is 773. The van der Waals surface area contributed by atoms with E-state index in [2.05, 4.69) is 29.8 Å². The number of carbonyl (C=O) groups excluding carboxylic acids is 1. The van der Waals surface area contributed by atoms with Crippen LogP contribution in [0.4, 0.5) is 0 Å².